The van der Waals surface area contributed by atoms with Crippen LogP contribution in [0.1, 0.15) is 31.2 Å². The quantitative estimate of drug-likeness (QED) is 0.720. The SMILES string of the molecule is CCN1CCC(c2ccccc2F)CC1. The molecule has 2 rings (SSSR count). The normalized spacial score (nSPS) is 19.3. The third-order valence-corrected chi connectivity index (χ3v) is 3.38. The van der Waals surface area contributed by atoms with Crippen molar-refractivity contribution in [2.75, 3.05) is 19.6 Å². The lowest BCUT2D eigenvalue weighted by Crippen LogP contribution is -2.32. The summed E-state index contributed by atoms with van der Waals surface area (Å²) < 4.78 is 13.5. The van der Waals surface area contributed by atoms with Crippen molar-refractivity contribution in [1.29, 1.82) is 0 Å². The van der Waals surface area contributed by atoms with Crippen LogP contribution < -0.4 is 0 Å². The van der Waals surface area contributed by atoms with E-state index in [1.807, 2.05) is 12.1 Å². The molecule has 1 aromatic carbocycles. The maximum atomic E-state index is 13.5. The third kappa shape index (κ3) is 2.37. The number of benzene rings is 1. The minimum atomic E-state index is -0.0348. The molecule has 1 aliphatic rings. The topological polar surface area (TPSA) is 3.24 Å². The van der Waals surface area contributed by atoms with Gasteiger partial charge in [0.2, 0.25) is 0 Å². The number of halogens is 1. The maximum Gasteiger partial charge on any atom is 0.126 e. The molecular weight excluding hydrogens is 189 g/mol. The van der Waals surface area contributed by atoms with Gasteiger partial charge < -0.3 is 4.90 Å². The van der Waals surface area contributed by atoms with Gasteiger partial charge in [-0.2, -0.15) is 0 Å². The Kier molecular flexibility index (Phi) is 3.37. The zero-order valence-corrected chi connectivity index (χ0v) is 9.25. The van der Waals surface area contributed by atoms with Crippen LogP contribution in [0.2, 0.25) is 0 Å². The van der Waals surface area contributed by atoms with Gasteiger partial charge in [0.15, 0.2) is 0 Å². The van der Waals surface area contributed by atoms with Crippen molar-refractivity contribution in [2.24, 2.45) is 0 Å². The van der Waals surface area contributed by atoms with Gasteiger partial charge in [0, 0.05) is 0 Å². The molecule has 0 aromatic heterocycles. The van der Waals surface area contributed by atoms with Crippen molar-refractivity contribution in [3.63, 3.8) is 0 Å². The highest BCUT2D eigenvalue weighted by molar-refractivity contribution is 5.22. The molecule has 1 saturated heterocycles. The van der Waals surface area contributed by atoms with Gasteiger partial charge >= 0.3 is 0 Å². The molecule has 1 heterocycles. The fraction of sp³-hybridized carbons (Fsp3) is 0.538. The van der Waals surface area contributed by atoms with E-state index in [1.165, 1.54) is 0 Å². The summed E-state index contributed by atoms with van der Waals surface area (Å²) in [6.07, 6.45) is 2.18. The van der Waals surface area contributed by atoms with E-state index in [2.05, 4.69) is 11.8 Å². The predicted molar refractivity (Wildman–Crippen MR) is 60.5 cm³/mol. The Morgan fingerprint density at radius 3 is 2.53 bits per heavy atom. The van der Waals surface area contributed by atoms with E-state index in [1.54, 1.807) is 12.1 Å². The Morgan fingerprint density at radius 1 is 1.27 bits per heavy atom. The van der Waals surface area contributed by atoms with Crippen LogP contribution >= 0.6 is 0 Å². The van der Waals surface area contributed by atoms with E-state index >= 15 is 0 Å². The van der Waals surface area contributed by atoms with E-state index in [0.29, 0.717) is 5.92 Å². The first-order valence-corrected chi connectivity index (χ1v) is 5.78. The molecule has 0 spiro atoms. The second-order valence-corrected chi connectivity index (χ2v) is 4.23. The summed E-state index contributed by atoms with van der Waals surface area (Å²) in [5.41, 5.74) is 0.910. The third-order valence-electron chi connectivity index (χ3n) is 3.38. The average Bonchev–Trinajstić information content (AvgIpc) is 2.30. The Bertz CT molecular complexity index is 316. The molecule has 82 valence electrons. The van der Waals surface area contributed by atoms with Crippen molar-refractivity contribution in [1.82, 2.24) is 4.90 Å². The van der Waals surface area contributed by atoms with E-state index in [9.17, 15) is 4.39 Å². The number of hydrogen-bond donors (Lipinski definition) is 0. The smallest absolute Gasteiger partial charge is 0.126 e. The second-order valence-electron chi connectivity index (χ2n) is 4.23. The number of nitrogens with zero attached hydrogens (tertiary/aromatic N) is 1. The fourth-order valence-electron chi connectivity index (χ4n) is 2.37. The summed E-state index contributed by atoms with van der Waals surface area (Å²) in [6, 6.07) is 7.20. The number of hydrogen-bond acceptors (Lipinski definition) is 1. The van der Waals surface area contributed by atoms with Gasteiger partial charge in [-0.25, -0.2) is 4.39 Å². The lowest BCUT2D eigenvalue weighted by molar-refractivity contribution is 0.220. The number of piperidine rings is 1. The van der Waals surface area contributed by atoms with Gasteiger partial charge in [-0.05, 0) is 50.0 Å². The number of likely N-dealkylation sites (tertiary alicyclic amines) is 1. The summed E-state index contributed by atoms with van der Waals surface area (Å²) in [5, 5.41) is 0. The van der Waals surface area contributed by atoms with E-state index in [-0.39, 0.29) is 5.82 Å². The Labute approximate surface area is 90.9 Å². The molecule has 0 unspecified atom stereocenters. The van der Waals surface area contributed by atoms with Crippen LogP contribution in [0.3, 0.4) is 0 Å². The molecule has 1 aromatic rings. The monoisotopic (exact) mass is 207 g/mol. The molecule has 1 nitrogen and oxygen atoms in total. The van der Waals surface area contributed by atoms with Crippen LogP contribution in [-0.2, 0) is 0 Å². The van der Waals surface area contributed by atoms with Crippen molar-refractivity contribution in [3.05, 3.63) is 35.6 Å². The lowest BCUT2D eigenvalue weighted by Gasteiger charge is -2.31. The Balaban J connectivity index is 2.04. The summed E-state index contributed by atoms with van der Waals surface area (Å²) in [5.74, 6) is 0.390. The molecule has 15 heavy (non-hydrogen) atoms. The summed E-state index contributed by atoms with van der Waals surface area (Å²) in [6.45, 7) is 5.51. The van der Waals surface area contributed by atoms with Crippen LogP contribution in [0, 0.1) is 5.82 Å². The summed E-state index contributed by atoms with van der Waals surface area (Å²) in [4.78, 5) is 2.43. The molecule has 0 saturated carbocycles. The molecule has 0 bridgehead atoms. The lowest BCUT2D eigenvalue weighted by atomic mass is 9.89. The van der Waals surface area contributed by atoms with E-state index < -0.39 is 0 Å². The predicted octanol–water partition coefficient (Wildman–Crippen LogP) is 3.03. The highest BCUT2D eigenvalue weighted by atomic mass is 19.1. The van der Waals surface area contributed by atoms with Gasteiger partial charge in [-0.1, -0.05) is 25.1 Å². The Hall–Kier alpha value is -0.890. The van der Waals surface area contributed by atoms with Crippen molar-refractivity contribution in [2.45, 2.75) is 25.7 Å². The first-order chi connectivity index (χ1) is 7.31. The van der Waals surface area contributed by atoms with Crippen LogP contribution in [0.5, 0.6) is 0 Å². The van der Waals surface area contributed by atoms with E-state index in [4.69, 9.17) is 0 Å². The summed E-state index contributed by atoms with van der Waals surface area (Å²) in [7, 11) is 0. The molecular formula is C13H18FN. The van der Waals surface area contributed by atoms with Crippen molar-refractivity contribution in [3.8, 4) is 0 Å². The van der Waals surface area contributed by atoms with E-state index in [0.717, 1.165) is 38.0 Å². The molecule has 1 aliphatic heterocycles. The molecule has 0 atom stereocenters. The zero-order chi connectivity index (χ0) is 10.7. The molecule has 0 aliphatic carbocycles. The molecule has 2 heteroatoms. The fourth-order valence-corrected chi connectivity index (χ4v) is 2.37. The minimum Gasteiger partial charge on any atom is -0.304 e. The first kappa shape index (κ1) is 10.6. The van der Waals surface area contributed by atoms with Gasteiger partial charge in [0.05, 0.1) is 0 Å². The van der Waals surface area contributed by atoms with Gasteiger partial charge in [-0.15, -0.1) is 0 Å². The standard InChI is InChI=1S/C13H18FN/c1-2-15-9-7-11(8-10-15)12-5-3-4-6-13(12)14/h3-6,11H,2,7-10H2,1H3. The van der Waals surface area contributed by atoms with Crippen LogP contribution in [0.4, 0.5) is 4.39 Å². The molecule has 0 radical (unpaired) electrons. The number of rotatable bonds is 2. The minimum absolute atomic E-state index is 0.0348. The maximum absolute atomic E-state index is 13.5. The average molecular weight is 207 g/mol. The van der Waals surface area contributed by atoms with Crippen LogP contribution in [-0.4, -0.2) is 24.5 Å². The van der Waals surface area contributed by atoms with Gasteiger partial charge in [0.25, 0.3) is 0 Å². The van der Waals surface area contributed by atoms with Gasteiger partial charge in [-0.3, -0.25) is 0 Å². The first-order valence-electron chi connectivity index (χ1n) is 5.78. The van der Waals surface area contributed by atoms with Crippen LogP contribution in [0.15, 0.2) is 24.3 Å². The van der Waals surface area contributed by atoms with Crippen molar-refractivity contribution >= 4 is 0 Å². The van der Waals surface area contributed by atoms with Gasteiger partial charge in [0.1, 0.15) is 5.82 Å². The largest absolute Gasteiger partial charge is 0.304 e. The second kappa shape index (κ2) is 4.75. The molecule has 1 fully saturated rings. The van der Waals surface area contributed by atoms with Crippen molar-refractivity contribution < 1.29 is 4.39 Å². The highest BCUT2D eigenvalue weighted by Crippen LogP contribution is 2.29. The molecule has 0 amide bonds. The Morgan fingerprint density at radius 2 is 1.93 bits per heavy atom. The molecule has 0 N–H and O–H groups in total. The summed E-state index contributed by atoms with van der Waals surface area (Å²) >= 11 is 0. The zero-order valence-electron chi connectivity index (χ0n) is 9.25. The van der Waals surface area contributed by atoms with Crippen LogP contribution in [0.25, 0.3) is 0 Å². The highest BCUT2D eigenvalue weighted by Gasteiger charge is 2.21.